The summed E-state index contributed by atoms with van der Waals surface area (Å²) in [5.74, 6) is -0.621. The van der Waals surface area contributed by atoms with E-state index in [0.717, 1.165) is 13.1 Å². The molecule has 0 atom stereocenters. The van der Waals surface area contributed by atoms with E-state index < -0.39 is 16.9 Å². The van der Waals surface area contributed by atoms with Crippen LogP contribution in [0.15, 0.2) is 0 Å². The first kappa shape index (κ1) is 15.4. The third-order valence-electron chi connectivity index (χ3n) is 3.34. The van der Waals surface area contributed by atoms with E-state index >= 15 is 0 Å². The van der Waals surface area contributed by atoms with Crippen molar-refractivity contribution in [3.63, 3.8) is 0 Å². The monoisotopic (exact) mass is 266 g/mol. The minimum Gasteiger partial charge on any atom is -0.370 e. The van der Waals surface area contributed by atoms with Crippen molar-refractivity contribution in [1.29, 1.82) is 5.26 Å². The number of nitrogens with two attached hydrogens (primary N) is 1. The molecular formula is C13H22N4O2. The van der Waals surface area contributed by atoms with E-state index in [-0.39, 0.29) is 18.7 Å². The van der Waals surface area contributed by atoms with Crippen LogP contribution in [-0.4, -0.2) is 30.4 Å². The van der Waals surface area contributed by atoms with Gasteiger partial charge < -0.3 is 16.4 Å². The Hall–Kier alpha value is -1.61. The lowest BCUT2D eigenvalue weighted by molar-refractivity contribution is -0.125. The van der Waals surface area contributed by atoms with Crippen LogP contribution in [-0.2, 0) is 9.59 Å². The highest BCUT2D eigenvalue weighted by Crippen LogP contribution is 2.26. The van der Waals surface area contributed by atoms with Crippen molar-refractivity contribution in [1.82, 2.24) is 10.6 Å². The second-order valence-corrected chi connectivity index (χ2v) is 5.98. The Kier molecular flexibility index (Phi) is 4.90. The Bertz CT molecular complexity index is 392. The lowest BCUT2D eigenvalue weighted by Gasteiger charge is -2.33. The molecule has 2 amide bonds. The molecule has 106 valence electrons. The molecule has 6 heteroatoms. The van der Waals surface area contributed by atoms with E-state index in [9.17, 15) is 14.9 Å². The summed E-state index contributed by atoms with van der Waals surface area (Å²) in [4.78, 5) is 23.0. The SMILES string of the molecule is CC(C)(CC(N)=O)CC(=O)NC1(C#N)CCNCC1. The minimum absolute atomic E-state index is 0.154. The van der Waals surface area contributed by atoms with E-state index in [1.807, 2.05) is 13.8 Å². The van der Waals surface area contributed by atoms with Crippen LogP contribution >= 0.6 is 0 Å². The Morgan fingerprint density at radius 3 is 2.42 bits per heavy atom. The van der Waals surface area contributed by atoms with Gasteiger partial charge in [-0.15, -0.1) is 0 Å². The van der Waals surface area contributed by atoms with E-state index in [2.05, 4.69) is 16.7 Å². The molecule has 1 rings (SSSR count). The maximum Gasteiger partial charge on any atom is 0.221 e. The lowest BCUT2D eigenvalue weighted by Crippen LogP contribution is -2.54. The molecule has 0 bridgehead atoms. The number of piperidine rings is 1. The molecule has 1 fully saturated rings. The predicted octanol–water partition coefficient (Wildman–Crippen LogP) is 0.0401. The fourth-order valence-electron chi connectivity index (χ4n) is 2.40. The smallest absolute Gasteiger partial charge is 0.221 e. The molecule has 4 N–H and O–H groups in total. The Balaban J connectivity index is 2.59. The summed E-state index contributed by atoms with van der Waals surface area (Å²) in [5, 5.41) is 15.2. The molecule has 0 aromatic heterocycles. The summed E-state index contributed by atoms with van der Waals surface area (Å²) in [6, 6.07) is 2.21. The Morgan fingerprint density at radius 2 is 1.95 bits per heavy atom. The number of nitrogens with one attached hydrogen (secondary N) is 2. The fourth-order valence-corrected chi connectivity index (χ4v) is 2.40. The number of rotatable bonds is 5. The fraction of sp³-hybridized carbons (Fsp3) is 0.769. The van der Waals surface area contributed by atoms with Gasteiger partial charge in [-0.3, -0.25) is 9.59 Å². The van der Waals surface area contributed by atoms with Crippen LogP contribution in [0, 0.1) is 16.7 Å². The van der Waals surface area contributed by atoms with Crippen molar-refractivity contribution in [2.45, 2.75) is 45.1 Å². The average Bonchev–Trinajstić information content (AvgIpc) is 2.27. The summed E-state index contributed by atoms with van der Waals surface area (Å²) in [5.41, 5.74) is 3.90. The number of hydrogen-bond acceptors (Lipinski definition) is 4. The lowest BCUT2D eigenvalue weighted by atomic mass is 9.84. The zero-order chi connectivity index (χ0) is 14.5. The molecule has 0 unspecified atom stereocenters. The second-order valence-electron chi connectivity index (χ2n) is 5.98. The molecule has 0 spiro atoms. The van der Waals surface area contributed by atoms with Crippen molar-refractivity contribution in [3.05, 3.63) is 0 Å². The van der Waals surface area contributed by atoms with Gasteiger partial charge in [0.25, 0.3) is 0 Å². The van der Waals surface area contributed by atoms with Crippen LogP contribution in [0.5, 0.6) is 0 Å². The quantitative estimate of drug-likeness (QED) is 0.653. The van der Waals surface area contributed by atoms with Crippen LogP contribution in [0.3, 0.4) is 0 Å². The largest absolute Gasteiger partial charge is 0.370 e. The van der Waals surface area contributed by atoms with Crippen molar-refractivity contribution in [2.75, 3.05) is 13.1 Å². The van der Waals surface area contributed by atoms with Gasteiger partial charge in [-0.05, 0) is 31.3 Å². The highest BCUT2D eigenvalue weighted by molar-refractivity contribution is 5.80. The number of amides is 2. The van der Waals surface area contributed by atoms with Gasteiger partial charge in [0.05, 0.1) is 6.07 Å². The van der Waals surface area contributed by atoms with Crippen LogP contribution in [0.1, 0.15) is 39.5 Å². The Labute approximate surface area is 113 Å². The number of carbonyl (C=O) groups excluding carboxylic acids is 2. The standard InChI is InChI=1S/C13H22N4O2/c1-12(2,7-10(15)18)8-11(19)17-13(9-14)3-5-16-6-4-13/h16H,3-8H2,1-2H3,(H2,15,18)(H,17,19). The molecule has 19 heavy (non-hydrogen) atoms. The van der Waals surface area contributed by atoms with Gasteiger partial charge in [-0.1, -0.05) is 13.8 Å². The van der Waals surface area contributed by atoms with Crippen LogP contribution in [0.25, 0.3) is 0 Å². The molecule has 1 saturated heterocycles. The molecular weight excluding hydrogens is 244 g/mol. The van der Waals surface area contributed by atoms with Gasteiger partial charge in [0, 0.05) is 12.8 Å². The summed E-state index contributed by atoms with van der Waals surface area (Å²) < 4.78 is 0. The first-order valence-corrected chi connectivity index (χ1v) is 6.50. The van der Waals surface area contributed by atoms with Crippen LogP contribution < -0.4 is 16.4 Å². The zero-order valence-corrected chi connectivity index (χ0v) is 11.6. The van der Waals surface area contributed by atoms with Crippen molar-refractivity contribution in [3.8, 4) is 6.07 Å². The summed E-state index contributed by atoms with van der Waals surface area (Å²) >= 11 is 0. The van der Waals surface area contributed by atoms with Gasteiger partial charge in [0.2, 0.25) is 11.8 Å². The molecule has 1 heterocycles. The number of nitriles is 1. The predicted molar refractivity (Wildman–Crippen MR) is 70.8 cm³/mol. The molecule has 0 radical (unpaired) electrons. The molecule has 1 aliphatic heterocycles. The highest BCUT2D eigenvalue weighted by Gasteiger charge is 2.35. The minimum atomic E-state index is -0.773. The molecule has 0 aliphatic carbocycles. The number of nitrogens with zero attached hydrogens (tertiary/aromatic N) is 1. The first-order valence-electron chi connectivity index (χ1n) is 6.50. The summed E-state index contributed by atoms with van der Waals surface area (Å²) in [6.45, 7) is 5.08. The molecule has 0 saturated carbocycles. The first-order chi connectivity index (χ1) is 8.79. The van der Waals surface area contributed by atoms with Gasteiger partial charge in [0.15, 0.2) is 0 Å². The molecule has 0 aromatic carbocycles. The van der Waals surface area contributed by atoms with Crippen molar-refractivity contribution >= 4 is 11.8 Å². The third-order valence-corrected chi connectivity index (χ3v) is 3.34. The number of carbonyl (C=O) groups is 2. The maximum absolute atomic E-state index is 12.0. The summed E-state index contributed by atoms with van der Waals surface area (Å²) in [7, 11) is 0. The zero-order valence-electron chi connectivity index (χ0n) is 11.6. The van der Waals surface area contributed by atoms with Crippen molar-refractivity contribution < 1.29 is 9.59 Å². The molecule has 0 aromatic rings. The maximum atomic E-state index is 12.0. The van der Waals surface area contributed by atoms with E-state index in [0.29, 0.717) is 12.8 Å². The van der Waals surface area contributed by atoms with Crippen LogP contribution in [0.2, 0.25) is 0 Å². The second kappa shape index (κ2) is 6.02. The number of primary amides is 1. The normalized spacial score (nSPS) is 18.4. The van der Waals surface area contributed by atoms with E-state index in [1.54, 1.807) is 0 Å². The van der Waals surface area contributed by atoms with Gasteiger partial charge >= 0.3 is 0 Å². The van der Waals surface area contributed by atoms with E-state index in [4.69, 9.17) is 5.73 Å². The average molecular weight is 266 g/mol. The van der Waals surface area contributed by atoms with Gasteiger partial charge in [-0.2, -0.15) is 5.26 Å². The highest BCUT2D eigenvalue weighted by atomic mass is 16.2. The van der Waals surface area contributed by atoms with Gasteiger partial charge in [-0.25, -0.2) is 0 Å². The number of hydrogen-bond donors (Lipinski definition) is 3. The van der Waals surface area contributed by atoms with Crippen LogP contribution in [0.4, 0.5) is 0 Å². The van der Waals surface area contributed by atoms with E-state index in [1.165, 1.54) is 0 Å². The topological polar surface area (TPSA) is 108 Å². The molecule has 6 nitrogen and oxygen atoms in total. The molecule has 1 aliphatic rings. The van der Waals surface area contributed by atoms with Gasteiger partial charge in [0.1, 0.15) is 5.54 Å². The Morgan fingerprint density at radius 1 is 1.37 bits per heavy atom. The third kappa shape index (κ3) is 4.87. The van der Waals surface area contributed by atoms with Crippen molar-refractivity contribution in [2.24, 2.45) is 11.1 Å². The summed E-state index contributed by atoms with van der Waals surface area (Å²) in [6.07, 6.45) is 1.55.